The lowest BCUT2D eigenvalue weighted by Crippen LogP contribution is -2.48. The molecule has 0 bridgehead atoms. The van der Waals surface area contributed by atoms with Gasteiger partial charge in [-0.3, -0.25) is 9.69 Å². The van der Waals surface area contributed by atoms with E-state index >= 15 is 0 Å². The molecule has 0 spiro atoms. The highest BCUT2D eigenvalue weighted by atomic mass is 16.2. The van der Waals surface area contributed by atoms with Crippen LogP contribution in [0.25, 0.3) is 0 Å². The van der Waals surface area contributed by atoms with Crippen LogP contribution in [0.2, 0.25) is 0 Å². The maximum Gasteiger partial charge on any atom is 0.241 e. The first-order chi connectivity index (χ1) is 9.99. The summed E-state index contributed by atoms with van der Waals surface area (Å²) < 4.78 is 0. The van der Waals surface area contributed by atoms with Gasteiger partial charge < -0.3 is 5.32 Å². The number of piperidine rings is 1. The fraction of sp³-hybridized carbons (Fsp3) is 0.611. The SMILES string of the molecule is CCc1ccc(NC(=O)[C@@H](C)N2C[C@H](C)C[C@H](C)C2)cc1. The number of likely N-dealkylation sites (tertiary alicyclic amines) is 1. The molecule has 3 atom stereocenters. The largest absolute Gasteiger partial charge is 0.325 e. The fourth-order valence-electron chi connectivity index (χ4n) is 3.26. The predicted molar refractivity (Wildman–Crippen MR) is 88.4 cm³/mol. The first-order valence-electron chi connectivity index (χ1n) is 8.13. The Balaban J connectivity index is 1.95. The number of nitrogens with one attached hydrogen (secondary N) is 1. The summed E-state index contributed by atoms with van der Waals surface area (Å²) in [6.45, 7) is 10.7. The number of anilines is 1. The number of hydrogen-bond acceptors (Lipinski definition) is 2. The zero-order chi connectivity index (χ0) is 15.4. The van der Waals surface area contributed by atoms with Gasteiger partial charge in [0.1, 0.15) is 0 Å². The summed E-state index contributed by atoms with van der Waals surface area (Å²) in [4.78, 5) is 14.7. The molecule has 0 saturated carbocycles. The van der Waals surface area contributed by atoms with Crippen LogP contribution in [-0.4, -0.2) is 29.9 Å². The van der Waals surface area contributed by atoms with E-state index in [2.05, 4.69) is 43.1 Å². The van der Waals surface area contributed by atoms with E-state index in [1.54, 1.807) is 0 Å². The van der Waals surface area contributed by atoms with Gasteiger partial charge in [0.05, 0.1) is 6.04 Å². The van der Waals surface area contributed by atoms with Crippen molar-refractivity contribution in [2.45, 2.75) is 46.6 Å². The molecule has 1 fully saturated rings. The van der Waals surface area contributed by atoms with Gasteiger partial charge in [-0.25, -0.2) is 0 Å². The normalized spacial score (nSPS) is 24.6. The third-order valence-electron chi connectivity index (χ3n) is 4.45. The number of carbonyl (C=O) groups is 1. The van der Waals surface area contributed by atoms with E-state index in [0.717, 1.165) is 25.2 Å². The summed E-state index contributed by atoms with van der Waals surface area (Å²) in [6.07, 6.45) is 2.29. The van der Waals surface area contributed by atoms with Crippen LogP contribution < -0.4 is 5.32 Å². The number of carbonyl (C=O) groups excluding carboxylic acids is 1. The maximum absolute atomic E-state index is 12.4. The Hall–Kier alpha value is -1.35. The summed E-state index contributed by atoms with van der Waals surface area (Å²) in [5.74, 6) is 1.45. The minimum absolute atomic E-state index is 0.0685. The van der Waals surface area contributed by atoms with Crippen molar-refractivity contribution in [3.05, 3.63) is 29.8 Å². The molecular weight excluding hydrogens is 260 g/mol. The molecule has 0 radical (unpaired) electrons. The van der Waals surface area contributed by atoms with Crippen LogP contribution in [-0.2, 0) is 11.2 Å². The molecule has 1 aliphatic rings. The quantitative estimate of drug-likeness (QED) is 0.919. The Bertz CT molecular complexity index is 459. The molecule has 1 amide bonds. The lowest BCUT2D eigenvalue weighted by atomic mass is 9.91. The number of aryl methyl sites for hydroxylation is 1. The smallest absolute Gasteiger partial charge is 0.241 e. The van der Waals surface area contributed by atoms with Crippen LogP contribution in [0, 0.1) is 11.8 Å². The summed E-state index contributed by atoms with van der Waals surface area (Å²) in [5, 5.41) is 3.04. The zero-order valence-electron chi connectivity index (χ0n) is 13.7. The monoisotopic (exact) mass is 288 g/mol. The van der Waals surface area contributed by atoms with Gasteiger partial charge in [-0.1, -0.05) is 32.9 Å². The third-order valence-corrected chi connectivity index (χ3v) is 4.45. The van der Waals surface area contributed by atoms with Gasteiger partial charge in [0.2, 0.25) is 5.91 Å². The molecule has 2 rings (SSSR count). The molecule has 1 aliphatic heterocycles. The van der Waals surface area contributed by atoms with Crippen molar-refractivity contribution in [1.29, 1.82) is 0 Å². The maximum atomic E-state index is 12.4. The summed E-state index contributed by atoms with van der Waals surface area (Å²) in [6, 6.07) is 8.06. The Morgan fingerprint density at radius 3 is 2.33 bits per heavy atom. The van der Waals surface area contributed by atoms with Crippen molar-refractivity contribution < 1.29 is 4.79 Å². The lowest BCUT2D eigenvalue weighted by molar-refractivity contribution is -0.121. The Kier molecular flexibility index (Phi) is 5.40. The number of nitrogens with zero attached hydrogens (tertiary/aromatic N) is 1. The van der Waals surface area contributed by atoms with Crippen LogP contribution in [0.15, 0.2) is 24.3 Å². The molecule has 116 valence electrons. The standard InChI is InChI=1S/C18H28N2O/c1-5-16-6-8-17(9-7-16)19-18(21)15(4)20-11-13(2)10-14(3)12-20/h6-9,13-15H,5,10-12H2,1-4H3,(H,19,21)/t13-,14+,15-/m1/s1. The van der Waals surface area contributed by atoms with Gasteiger partial charge >= 0.3 is 0 Å². The molecule has 3 heteroatoms. The molecule has 0 unspecified atom stereocenters. The van der Waals surface area contributed by atoms with E-state index in [1.165, 1.54) is 12.0 Å². The van der Waals surface area contributed by atoms with E-state index in [9.17, 15) is 4.79 Å². The van der Waals surface area contributed by atoms with Crippen molar-refractivity contribution in [1.82, 2.24) is 4.90 Å². The van der Waals surface area contributed by atoms with E-state index < -0.39 is 0 Å². The lowest BCUT2D eigenvalue weighted by Gasteiger charge is -2.38. The molecule has 1 aromatic rings. The molecule has 1 heterocycles. The number of benzene rings is 1. The Morgan fingerprint density at radius 2 is 1.81 bits per heavy atom. The molecule has 0 aliphatic carbocycles. The second-order valence-corrected chi connectivity index (χ2v) is 6.62. The van der Waals surface area contributed by atoms with Gasteiger partial charge in [-0.05, 0) is 49.3 Å². The predicted octanol–water partition coefficient (Wildman–Crippen LogP) is 3.55. The van der Waals surface area contributed by atoms with Crippen molar-refractivity contribution in [3.8, 4) is 0 Å². The summed E-state index contributed by atoms with van der Waals surface area (Å²) in [5.41, 5.74) is 2.18. The van der Waals surface area contributed by atoms with Crippen LogP contribution >= 0.6 is 0 Å². The first-order valence-corrected chi connectivity index (χ1v) is 8.13. The van der Waals surface area contributed by atoms with Crippen LogP contribution in [0.3, 0.4) is 0 Å². The van der Waals surface area contributed by atoms with Crippen molar-refractivity contribution in [2.24, 2.45) is 11.8 Å². The Morgan fingerprint density at radius 1 is 1.24 bits per heavy atom. The third kappa shape index (κ3) is 4.31. The van der Waals surface area contributed by atoms with Crippen molar-refractivity contribution in [3.63, 3.8) is 0 Å². The van der Waals surface area contributed by atoms with Gasteiger partial charge in [-0.15, -0.1) is 0 Å². The van der Waals surface area contributed by atoms with Gasteiger partial charge in [0.25, 0.3) is 0 Å². The average Bonchev–Trinajstić information content (AvgIpc) is 2.46. The Labute approximate surface area is 128 Å². The van der Waals surface area contributed by atoms with E-state index in [-0.39, 0.29) is 11.9 Å². The highest BCUT2D eigenvalue weighted by molar-refractivity contribution is 5.94. The highest BCUT2D eigenvalue weighted by Crippen LogP contribution is 2.23. The topological polar surface area (TPSA) is 32.3 Å². The second kappa shape index (κ2) is 7.08. The molecule has 1 N–H and O–H groups in total. The molecule has 1 aromatic carbocycles. The summed E-state index contributed by atoms with van der Waals surface area (Å²) in [7, 11) is 0. The van der Waals surface area contributed by atoms with Crippen LogP contribution in [0.4, 0.5) is 5.69 Å². The van der Waals surface area contributed by atoms with Crippen LogP contribution in [0.5, 0.6) is 0 Å². The van der Waals surface area contributed by atoms with Crippen molar-refractivity contribution >= 4 is 11.6 Å². The summed E-state index contributed by atoms with van der Waals surface area (Å²) >= 11 is 0. The minimum atomic E-state index is -0.0685. The molecule has 21 heavy (non-hydrogen) atoms. The van der Waals surface area contributed by atoms with Crippen LogP contribution in [0.1, 0.15) is 39.7 Å². The van der Waals surface area contributed by atoms with Gasteiger partial charge in [0, 0.05) is 18.8 Å². The average molecular weight is 288 g/mol. The molecule has 0 aromatic heterocycles. The highest BCUT2D eigenvalue weighted by Gasteiger charge is 2.28. The molecule has 3 nitrogen and oxygen atoms in total. The number of amides is 1. The fourth-order valence-corrected chi connectivity index (χ4v) is 3.26. The number of rotatable bonds is 4. The first kappa shape index (κ1) is 16.0. The van der Waals surface area contributed by atoms with E-state index in [1.807, 2.05) is 19.1 Å². The van der Waals surface area contributed by atoms with E-state index in [4.69, 9.17) is 0 Å². The van der Waals surface area contributed by atoms with E-state index in [0.29, 0.717) is 11.8 Å². The van der Waals surface area contributed by atoms with Gasteiger partial charge in [-0.2, -0.15) is 0 Å². The molecule has 1 saturated heterocycles. The molecular formula is C18H28N2O. The minimum Gasteiger partial charge on any atom is -0.325 e. The van der Waals surface area contributed by atoms with Crippen molar-refractivity contribution in [2.75, 3.05) is 18.4 Å². The second-order valence-electron chi connectivity index (χ2n) is 6.62. The zero-order valence-corrected chi connectivity index (χ0v) is 13.7. The van der Waals surface area contributed by atoms with Gasteiger partial charge in [0.15, 0.2) is 0 Å². The number of hydrogen-bond donors (Lipinski definition) is 1.